The van der Waals surface area contributed by atoms with Crippen molar-refractivity contribution in [1.82, 2.24) is 4.98 Å². The van der Waals surface area contributed by atoms with Crippen molar-refractivity contribution in [2.75, 3.05) is 13.2 Å². The molecule has 0 atom stereocenters. The molecule has 93 valence electrons. The first-order valence-electron chi connectivity index (χ1n) is 5.42. The van der Waals surface area contributed by atoms with Crippen molar-refractivity contribution < 1.29 is 42.2 Å². The zero-order valence-electron chi connectivity index (χ0n) is 10.9. The van der Waals surface area contributed by atoms with Gasteiger partial charge in [0.25, 0.3) is 0 Å². The van der Waals surface area contributed by atoms with Crippen LogP contribution in [0.25, 0.3) is 5.32 Å². The van der Waals surface area contributed by atoms with Gasteiger partial charge in [-0.25, -0.2) is 4.98 Å². The van der Waals surface area contributed by atoms with Gasteiger partial charge in [-0.05, 0) is 19.9 Å². The summed E-state index contributed by atoms with van der Waals surface area (Å²) in [4.78, 5) is 14.5. The molecule has 0 aliphatic rings. The van der Waals surface area contributed by atoms with E-state index >= 15 is 0 Å². The Hall–Kier alpha value is -0.476. The molecule has 0 bridgehead atoms. The second-order valence-electron chi connectivity index (χ2n) is 2.87. The maximum atomic E-state index is 10.5. The van der Waals surface area contributed by atoms with Gasteiger partial charge >= 0.3 is 0 Å². The van der Waals surface area contributed by atoms with Crippen molar-refractivity contribution >= 4 is 5.91 Å². The molecule has 1 amide bonds. The molecule has 0 aliphatic heterocycles. The smallest absolute Gasteiger partial charge is 0.216 e. The minimum atomic E-state index is -0.175. The molecule has 0 N–H and O–H groups in total. The first-order valence-corrected chi connectivity index (χ1v) is 5.42. The molecule has 0 unspecified atom stereocenters. The van der Waals surface area contributed by atoms with E-state index in [2.05, 4.69) is 10.3 Å². The Morgan fingerprint density at radius 1 is 1.47 bits per heavy atom. The number of ether oxygens (including phenoxy) is 1. The second-order valence-corrected chi connectivity index (χ2v) is 2.87. The molecular weight excluding hydrogens is 293 g/mol. The van der Waals surface area contributed by atoms with E-state index in [1.54, 1.807) is 6.20 Å². The Bertz CT molecular complexity index is 319. The van der Waals surface area contributed by atoms with Gasteiger partial charge in [0.15, 0.2) is 0 Å². The van der Waals surface area contributed by atoms with Crippen molar-refractivity contribution in [2.45, 2.75) is 27.7 Å². The molecule has 4 nitrogen and oxygen atoms in total. The number of pyridine rings is 1. The molecule has 1 aromatic heterocycles. The van der Waals surface area contributed by atoms with E-state index in [4.69, 9.17) is 4.74 Å². The molecule has 17 heavy (non-hydrogen) atoms. The van der Waals surface area contributed by atoms with Gasteiger partial charge in [-0.1, -0.05) is 26.5 Å². The zero-order chi connectivity index (χ0) is 12.4. The van der Waals surface area contributed by atoms with Crippen molar-refractivity contribution in [3.05, 3.63) is 29.2 Å². The number of amides is 1. The third kappa shape index (κ3) is 9.25. The Morgan fingerprint density at radius 2 is 2.12 bits per heavy atom. The predicted molar refractivity (Wildman–Crippen MR) is 64.7 cm³/mol. The SMILES string of the molecule is CC.CC(=O)[N-]CCOc1ncccc1C.[Y]. The summed E-state index contributed by atoms with van der Waals surface area (Å²) >= 11 is 0. The van der Waals surface area contributed by atoms with Gasteiger partial charge in [0, 0.05) is 50.4 Å². The minimum Gasteiger partial charge on any atom is -0.651 e. The molecule has 0 fully saturated rings. The quantitative estimate of drug-likeness (QED) is 0.803. The number of hydrogen-bond acceptors (Lipinski definition) is 3. The molecule has 1 aromatic rings. The molecule has 0 aliphatic carbocycles. The van der Waals surface area contributed by atoms with Crippen molar-refractivity contribution in [1.29, 1.82) is 0 Å². The van der Waals surface area contributed by atoms with E-state index in [9.17, 15) is 4.79 Å². The molecule has 1 heterocycles. The Morgan fingerprint density at radius 3 is 2.65 bits per heavy atom. The number of aryl methyl sites for hydroxylation is 1. The van der Waals surface area contributed by atoms with E-state index in [0.717, 1.165) is 5.56 Å². The molecule has 5 heteroatoms. The summed E-state index contributed by atoms with van der Waals surface area (Å²) in [6.45, 7) is 8.11. The fourth-order valence-corrected chi connectivity index (χ4v) is 0.968. The fourth-order valence-electron chi connectivity index (χ4n) is 0.968. The normalized spacial score (nSPS) is 8.24. The first-order chi connectivity index (χ1) is 7.70. The second kappa shape index (κ2) is 12.0. The van der Waals surface area contributed by atoms with Crippen molar-refractivity contribution in [2.24, 2.45) is 0 Å². The zero-order valence-corrected chi connectivity index (χ0v) is 13.8. The van der Waals surface area contributed by atoms with Crippen molar-refractivity contribution in [3.63, 3.8) is 0 Å². The van der Waals surface area contributed by atoms with E-state index in [1.807, 2.05) is 32.9 Å². The summed E-state index contributed by atoms with van der Waals surface area (Å²) < 4.78 is 5.33. The van der Waals surface area contributed by atoms with E-state index < -0.39 is 0 Å². The summed E-state index contributed by atoms with van der Waals surface area (Å²) in [7, 11) is 0. The van der Waals surface area contributed by atoms with Crippen molar-refractivity contribution in [3.8, 4) is 5.88 Å². The summed E-state index contributed by atoms with van der Waals surface area (Å²) in [5.74, 6) is 0.428. The average molecular weight is 312 g/mol. The van der Waals surface area contributed by atoms with Crippen LogP contribution in [-0.2, 0) is 37.5 Å². The number of aromatic nitrogens is 1. The molecule has 0 saturated heterocycles. The topological polar surface area (TPSA) is 53.3 Å². The molecule has 1 radical (unpaired) electrons. The van der Waals surface area contributed by atoms with Crippen LogP contribution < -0.4 is 4.74 Å². The van der Waals surface area contributed by atoms with Crippen LogP contribution in [0, 0.1) is 6.92 Å². The molecular formula is C12H19N2O2Y-. The minimum absolute atomic E-state index is 0. The molecule has 0 spiro atoms. The Labute approximate surface area is 128 Å². The third-order valence-electron chi connectivity index (χ3n) is 1.63. The van der Waals surface area contributed by atoms with Crippen LogP contribution in [0.1, 0.15) is 26.3 Å². The Kier molecular flexibility index (Phi) is 13.3. The number of carbonyl (C=O) groups is 1. The summed E-state index contributed by atoms with van der Waals surface area (Å²) in [6.07, 6.45) is 1.67. The number of nitrogens with zero attached hydrogens (tertiary/aromatic N) is 2. The third-order valence-corrected chi connectivity index (χ3v) is 1.63. The van der Waals surface area contributed by atoms with Gasteiger partial charge in [-0.2, -0.15) is 0 Å². The monoisotopic (exact) mass is 312 g/mol. The number of rotatable bonds is 4. The maximum Gasteiger partial charge on any atom is 0.216 e. The summed E-state index contributed by atoms with van der Waals surface area (Å²) in [6, 6.07) is 3.77. The van der Waals surface area contributed by atoms with E-state index in [1.165, 1.54) is 6.92 Å². The van der Waals surface area contributed by atoms with E-state index in [-0.39, 0.29) is 38.6 Å². The predicted octanol–water partition coefficient (Wildman–Crippen LogP) is 2.71. The average Bonchev–Trinajstić information content (AvgIpc) is 2.29. The summed E-state index contributed by atoms with van der Waals surface area (Å²) in [5, 5.41) is 3.68. The van der Waals surface area contributed by atoms with Crippen LogP contribution in [0.5, 0.6) is 5.88 Å². The van der Waals surface area contributed by atoms with Gasteiger partial charge in [0.05, 0.1) is 6.61 Å². The van der Waals surface area contributed by atoms with Gasteiger partial charge in [-0.15, -0.1) is 0 Å². The van der Waals surface area contributed by atoms with Crippen LogP contribution >= 0.6 is 0 Å². The maximum absolute atomic E-state index is 10.5. The number of carbonyl (C=O) groups excluding carboxylic acids is 1. The van der Waals surface area contributed by atoms with Crippen LogP contribution in [-0.4, -0.2) is 24.0 Å². The Balaban J connectivity index is 0. The van der Waals surface area contributed by atoms with E-state index in [0.29, 0.717) is 19.0 Å². The standard InChI is InChI=1S/C10H14N2O2.C2H6.Y/c1-8-4-3-5-12-10(8)14-7-6-11-9(2)13;1-2;/h3-5H,6-7H2,1-2H3,(H,11,13);1-2H3;/p-1. The van der Waals surface area contributed by atoms with Gasteiger partial charge < -0.3 is 14.8 Å². The van der Waals surface area contributed by atoms with Crippen LogP contribution in [0.4, 0.5) is 0 Å². The number of hydrogen-bond donors (Lipinski definition) is 0. The van der Waals surface area contributed by atoms with Gasteiger partial charge in [0.1, 0.15) is 0 Å². The molecule has 1 rings (SSSR count). The summed E-state index contributed by atoms with van der Waals surface area (Å²) in [5.41, 5.74) is 0.982. The van der Waals surface area contributed by atoms with Crippen LogP contribution in [0.2, 0.25) is 0 Å². The van der Waals surface area contributed by atoms with Gasteiger partial charge in [0.2, 0.25) is 5.88 Å². The fraction of sp³-hybridized carbons (Fsp3) is 0.500. The van der Waals surface area contributed by atoms with Crippen LogP contribution in [0.15, 0.2) is 18.3 Å². The van der Waals surface area contributed by atoms with Crippen LogP contribution in [0.3, 0.4) is 0 Å². The first kappa shape index (κ1) is 18.9. The largest absolute Gasteiger partial charge is 0.651 e. The van der Waals surface area contributed by atoms with Gasteiger partial charge in [-0.3, -0.25) is 0 Å². The molecule has 0 aromatic carbocycles. The molecule has 0 saturated carbocycles.